The number of H-pyrrole nitrogens is 1. The Morgan fingerprint density at radius 2 is 2.04 bits per heavy atom. The lowest BCUT2D eigenvalue weighted by atomic mass is 9.96. The summed E-state index contributed by atoms with van der Waals surface area (Å²) in [7, 11) is 0. The summed E-state index contributed by atoms with van der Waals surface area (Å²) in [6.45, 7) is 1.84. The van der Waals surface area contributed by atoms with Crippen molar-refractivity contribution in [2.24, 2.45) is 5.92 Å². The molecule has 1 aromatic carbocycles. The average molecular weight is 318 g/mol. The molecule has 122 valence electrons. The number of hydrogen-bond acceptors (Lipinski definition) is 5. The summed E-state index contributed by atoms with van der Waals surface area (Å²) in [5.41, 5.74) is 6.40. The number of aromatic amines is 1. The van der Waals surface area contributed by atoms with Crippen LogP contribution in [0, 0.1) is 11.7 Å². The van der Waals surface area contributed by atoms with Crippen LogP contribution in [0.4, 0.5) is 16.3 Å². The van der Waals surface area contributed by atoms with Gasteiger partial charge in [0.15, 0.2) is 0 Å². The Labute approximate surface area is 133 Å². The van der Waals surface area contributed by atoms with Crippen molar-refractivity contribution < 1.29 is 9.18 Å². The summed E-state index contributed by atoms with van der Waals surface area (Å²) in [5, 5.41) is 9.55. The molecule has 23 heavy (non-hydrogen) atoms. The first-order chi connectivity index (χ1) is 11.1. The largest absolute Gasteiger partial charge is 0.368 e. The van der Waals surface area contributed by atoms with E-state index in [4.69, 9.17) is 5.73 Å². The van der Waals surface area contributed by atoms with Crippen LogP contribution in [0.3, 0.4) is 0 Å². The molecule has 1 aromatic heterocycles. The molecule has 1 amide bonds. The molecule has 2 aromatic rings. The molecule has 0 unspecified atom stereocenters. The Morgan fingerprint density at radius 3 is 2.65 bits per heavy atom. The van der Waals surface area contributed by atoms with Crippen molar-refractivity contribution in [3.63, 3.8) is 0 Å². The first-order valence-electron chi connectivity index (χ1n) is 7.57. The highest BCUT2D eigenvalue weighted by Gasteiger charge is 2.26. The Balaban J connectivity index is 1.47. The summed E-state index contributed by atoms with van der Waals surface area (Å²) in [6, 6.07) is 6.13. The van der Waals surface area contributed by atoms with E-state index in [2.05, 4.69) is 20.5 Å². The van der Waals surface area contributed by atoms with E-state index in [0.29, 0.717) is 31.5 Å². The maximum Gasteiger partial charge on any atom is 0.246 e. The van der Waals surface area contributed by atoms with Gasteiger partial charge in [0.2, 0.25) is 17.8 Å². The van der Waals surface area contributed by atoms with Gasteiger partial charge in [0.25, 0.3) is 0 Å². The van der Waals surface area contributed by atoms with E-state index in [1.165, 1.54) is 12.1 Å². The van der Waals surface area contributed by atoms with E-state index in [1.54, 1.807) is 12.1 Å². The molecule has 7 nitrogen and oxygen atoms in total. The molecule has 1 aliphatic heterocycles. The van der Waals surface area contributed by atoms with Gasteiger partial charge in [-0.05, 0) is 30.5 Å². The minimum absolute atomic E-state index is 0.0250. The van der Waals surface area contributed by atoms with E-state index < -0.39 is 0 Å². The van der Waals surface area contributed by atoms with Crippen molar-refractivity contribution in [3.8, 4) is 0 Å². The average Bonchev–Trinajstić information content (AvgIpc) is 3.01. The topological polar surface area (TPSA) is 99.9 Å². The maximum absolute atomic E-state index is 12.8. The predicted molar refractivity (Wildman–Crippen MR) is 84.0 cm³/mol. The van der Waals surface area contributed by atoms with Crippen molar-refractivity contribution in [1.29, 1.82) is 0 Å². The third kappa shape index (κ3) is 3.77. The van der Waals surface area contributed by atoms with Gasteiger partial charge in [-0.2, -0.15) is 4.98 Å². The second-order valence-electron chi connectivity index (χ2n) is 5.63. The van der Waals surface area contributed by atoms with Gasteiger partial charge >= 0.3 is 0 Å². The van der Waals surface area contributed by atoms with E-state index in [-0.39, 0.29) is 17.6 Å². The first-order valence-corrected chi connectivity index (χ1v) is 7.57. The number of aromatic nitrogens is 3. The monoisotopic (exact) mass is 318 g/mol. The number of piperidine rings is 1. The molecule has 0 aliphatic carbocycles. The van der Waals surface area contributed by atoms with Gasteiger partial charge in [0, 0.05) is 25.6 Å². The van der Waals surface area contributed by atoms with Crippen molar-refractivity contribution in [1.82, 2.24) is 20.5 Å². The lowest BCUT2D eigenvalue weighted by molar-refractivity contribution is -0.125. The summed E-state index contributed by atoms with van der Waals surface area (Å²) in [4.78, 5) is 18.3. The van der Waals surface area contributed by atoms with E-state index in [0.717, 1.165) is 18.4 Å². The van der Waals surface area contributed by atoms with Gasteiger partial charge < -0.3 is 16.0 Å². The van der Waals surface area contributed by atoms with Gasteiger partial charge in [-0.1, -0.05) is 12.1 Å². The predicted octanol–water partition coefficient (Wildman–Crippen LogP) is 1.06. The number of rotatable bonds is 4. The second kappa shape index (κ2) is 6.64. The van der Waals surface area contributed by atoms with Crippen LogP contribution in [0.1, 0.15) is 18.4 Å². The molecule has 1 aliphatic rings. The highest BCUT2D eigenvalue weighted by molar-refractivity contribution is 5.78. The minimum Gasteiger partial charge on any atom is -0.368 e. The minimum atomic E-state index is -0.278. The summed E-state index contributed by atoms with van der Waals surface area (Å²) < 4.78 is 12.8. The number of amides is 1. The zero-order valence-electron chi connectivity index (χ0n) is 12.6. The molecule has 1 saturated heterocycles. The Hall–Kier alpha value is -2.64. The normalized spacial score (nSPS) is 15.6. The fourth-order valence-corrected chi connectivity index (χ4v) is 2.68. The second-order valence-corrected chi connectivity index (χ2v) is 5.63. The number of nitrogens with one attached hydrogen (secondary N) is 2. The number of nitrogens with two attached hydrogens (primary N) is 1. The molecule has 0 spiro atoms. The molecular weight excluding hydrogens is 299 g/mol. The molecule has 8 heteroatoms. The van der Waals surface area contributed by atoms with Gasteiger partial charge in [-0.25, -0.2) is 9.49 Å². The van der Waals surface area contributed by atoms with Gasteiger partial charge in [-0.3, -0.25) is 4.79 Å². The number of nitrogens with zero attached hydrogens (tertiary/aromatic N) is 3. The summed E-state index contributed by atoms with van der Waals surface area (Å²) in [5.74, 6) is 0.596. The van der Waals surface area contributed by atoms with E-state index >= 15 is 0 Å². The number of hydrogen-bond donors (Lipinski definition) is 3. The summed E-state index contributed by atoms with van der Waals surface area (Å²) >= 11 is 0. The molecular formula is C15H19FN6O. The van der Waals surface area contributed by atoms with Crippen LogP contribution in [-0.2, 0) is 11.3 Å². The van der Waals surface area contributed by atoms with Crippen LogP contribution < -0.4 is 16.0 Å². The van der Waals surface area contributed by atoms with Crippen molar-refractivity contribution in [3.05, 3.63) is 35.6 Å². The van der Waals surface area contributed by atoms with Gasteiger partial charge in [-0.15, -0.1) is 5.10 Å². The number of benzene rings is 1. The standard InChI is InChI=1S/C15H19FN6O/c16-12-3-1-10(2-4-12)9-18-13(23)11-5-7-22(8-6-11)15-19-14(17)20-21-15/h1-4,11H,5-9H2,(H,18,23)(H3,17,19,20,21). The van der Waals surface area contributed by atoms with Crippen LogP contribution in [0.2, 0.25) is 0 Å². The molecule has 0 saturated carbocycles. The smallest absolute Gasteiger partial charge is 0.246 e. The molecule has 1 fully saturated rings. The van der Waals surface area contributed by atoms with Crippen LogP contribution >= 0.6 is 0 Å². The van der Waals surface area contributed by atoms with E-state index in [1.807, 2.05) is 4.90 Å². The highest BCUT2D eigenvalue weighted by atomic mass is 19.1. The van der Waals surface area contributed by atoms with Crippen LogP contribution in [0.15, 0.2) is 24.3 Å². The van der Waals surface area contributed by atoms with Gasteiger partial charge in [0.1, 0.15) is 5.82 Å². The fraction of sp³-hybridized carbons (Fsp3) is 0.400. The van der Waals surface area contributed by atoms with Crippen LogP contribution in [-0.4, -0.2) is 34.2 Å². The van der Waals surface area contributed by atoms with Crippen molar-refractivity contribution >= 4 is 17.8 Å². The molecule has 4 N–H and O–H groups in total. The molecule has 0 radical (unpaired) electrons. The molecule has 2 heterocycles. The van der Waals surface area contributed by atoms with Gasteiger partial charge in [0.05, 0.1) is 0 Å². The number of nitrogen functional groups attached to an aromatic ring is 1. The SMILES string of the molecule is Nc1nc(N2CCC(C(=O)NCc3ccc(F)cc3)CC2)n[nH]1. The van der Waals surface area contributed by atoms with E-state index in [9.17, 15) is 9.18 Å². The number of anilines is 2. The third-order valence-electron chi connectivity index (χ3n) is 4.02. The number of carbonyl (C=O) groups excluding carboxylic acids is 1. The Morgan fingerprint density at radius 1 is 1.35 bits per heavy atom. The quantitative estimate of drug-likeness (QED) is 0.783. The number of carbonyl (C=O) groups is 1. The maximum atomic E-state index is 12.8. The molecule has 0 bridgehead atoms. The lowest BCUT2D eigenvalue weighted by Gasteiger charge is -2.30. The fourth-order valence-electron chi connectivity index (χ4n) is 2.68. The highest BCUT2D eigenvalue weighted by Crippen LogP contribution is 2.21. The molecule has 3 rings (SSSR count). The Kier molecular flexibility index (Phi) is 4.40. The summed E-state index contributed by atoms with van der Waals surface area (Å²) in [6.07, 6.45) is 1.48. The Bertz CT molecular complexity index is 663. The van der Waals surface area contributed by atoms with Crippen LogP contribution in [0.25, 0.3) is 0 Å². The van der Waals surface area contributed by atoms with Crippen molar-refractivity contribution in [2.75, 3.05) is 23.7 Å². The third-order valence-corrected chi connectivity index (χ3v) is 4.02. The molecule has 0 atom stereocenters. The lowest BCUT2D eigenvalue weighted by Crippen LogP contribution is -2.40. The van der Waals surface area contributed by atoms with Crippen LogP contribution in [0.5, 0.6) is 0 Å². The zero-order chi connectivity index (χ0) is 16.2. The van der Waals surface area contributed by atoms with Crippen molar-refractivity contribution in [2.45, 2.75) is 19.4 Å². The zero-order valence-corrected chi connectivity index (χ0v) is 12.6. The first kappa shape index (κ1) is 15.3. The number of halogens is 1.